The molecule has 0 saturated carbocycles. The third-order valence-corrected chi connectivity index (χ3v) is 6.82. The SMILES string of the molecule is CC(C)(C)[C@@H]1C[C@@H](C(=O)O)CN(Cc2ccc(-c3nccc4ccoc34)s2)C1. The molecule has 5 nitrogen and oxygen atoms in total. The average molecular weight is 399 g/mol. The summed E-state index contributed by atoms with van der Waals surface area (Å²) in [6.45, 7) is 8.94. The summed E-state index contributed by atoms with van der Waals surface area (Å²) in [6.07, 6.45) is 4.26. The molecule has 1 fully saturated rings. The minimum atomic E-state index is -0.681. The summed E-state index contributed by atoms with van der Waals surface area (Å²) in [4.78, 5) is 20.8. The zero-order chi connectivity index (χ0) is 19.9. The first-order valence-corrected chi connectivity index (χ1v) is 10.5. The Bertz CT molecular complexity index is 985. The first kappa shape index (κ1) is 19.2. The van der Waals surface area contributed by atoms with Crippen LogP contribution in [0.4, 0.5) is 0 Å². The standard InChI is InChI=1S/C22H26N2O3S/c1-22(2,3)16-10-15(21(25)26)11-24(12-16)13-17-4-5-18(28-17)19-20-14(6-8-23-19)7-9-27-20/h4-9,15-16H,10-13H2,1-3H3,(H,25,26)/t15-,16-/m1/s1. The van der Waals surface area contributed by atoms with Crippen LogP contribution in [-0.4, -0.2) is 34.0 Å². The number of pyridine rings is 1. The van der Waals surface area contributed by atoms with Gasteiger partial charge in [0.05, 0.1) is 17.1 Å². The smallest absolute Gasteiger partial charge is 0.307 e. The maximum atomic E-state index is 11.7. The van der Waals surface area contributed by atoms with Gasteiger partial charge in [0.1, 0.15) is 5.69 Å². The van der Waals surface area contributed by atoms with Crippen LogP contribution in [0.25, 0.3) is 21.5 Å². The summed E-state index contributed by atoms with van der Waals surface area (Å²) in [7, 11) is 0. The van der Waals surface area contributed by atoms with Gasteiger partial charge >= 0.3 is 5.97 Å². The third kappa shape index (κ3) is 3.84. The molecule has 1 N–H and O–H groups in total. The van der Waals surface area contributed by atoms with E-state index in [1.54, 1.807) is 17.6 Å². The van der Waals surface area contributed by atoms with Crippen LogP contribution >= 0.6 is 11.3 Å². The molecule has 1 saturated heterocycles. The zero-order valence-corrected chi connectivity index (χ0v) is 17.3. The molecule has 4 heterocycles. The quantitative estimate of drug-likeness (QED) is 0.660. The number of carboxylic acid groups (broad SMARTS) is 1. The van der Waals surface area contributed by atoms with Crippen LogP contribution in [0, 0.1) is 17.3 Å². The molecule has 0 bridgehead atoms. The third-order valence-electron chi connectivity index (χ3n) is 5.74. The van der Waals surface area contributed by atoms with Crippen molar-refractivity contribution in [2.75, 3.05) is 13.1 Å². The normalized spacial score (nSPS) is 21.2. The van der Waals surface area contributed by atoms with Gasteiger partial charge in [0, 0.05) is 36.1 Å². The lowest BCUT2D eigenvalue weighted by atomic mass is 9.73. The Labute approximate surface area is 169 Å². The summed E-state index contributed by atoms with van der Waals surface area (Å²) < 4.78 is 5.62. The Balaban J connectivity index is 1.54. The molecule has 0 radical (unpaired) electrons. The predicted octanol–water partition coefficient (Wildman–Crippen LogP) is 5.13. The van der Waals surface area contributed by atoms with Crippen molar-refractivity contribution in [1.82, 2.24) is 9.88 Å². The highest BCUT2D eigenvalue weighted by molar-refractivity contribution is 7.15. The molecular formula is C22H26N2O3S. The number of aliphatic carboxylic acids is 1. The Morgan fingerprint density at radius 2 is 2.11 bits per heavy atom. The highest BCUT2D eigenvalue weighted by Gasteiger charge is 2.37. The van der Waals surface area contributed by atoms with E-state index in [9.17, 15) is 9.90 Å². The number of hydrogen-bond donors (Lipinski definition) is 1. The number of hydrogen-bond acceptors (Lipinski definition) is 5. The first-order chi connectivity index (χ1) is 13.3. The van der Waals surface area contributed by atoms with Crippen molar-refractivity contribution in [2.45, 2.75) is 33.7 Å². The first-order valence-electron chi connectivity index (χ1n) is 9.67. The Kier molecular flexibility index (Phi) is 5.02. The lowest BCUT2D eigenvalue weighted by molar-refractivity contribution is -0.145. The molecule has 148 valence electrons. The molecule has 2 atom stereocenters. The number of carbonyl (C=O) groups is 1. The van der Waals surface area contributed by atoms with E-state index >= 15 is 0 Å². The topological polar surface area (TPSA) is 66.6 Å². The van der Waals surface area contributed by atoms with Gasteiger partial charge in [-0.05, 0) is 42.0 Å². The number of piperidine rings is 1. The van der Waals surface area contributed by atoms with Crippen molar-refractivity contribution in [1.29, 1.82) is 0 Å². The fourth-order valence-corrected chi connectivity index (χ4v) is 5.05. The van der Waals surface area contributed by atoms with Crippen molar-refractivity contribution in [3.8, 4) is 10.6 Å². The Morgan fingerprint density at radius 1 is 1.29 bits per heavy atom. The number of likely N-dealkylation sites (tertiary alicyclic amines) is 1. The van der Waals surface area contributed by atoms with E-state index < -0.39 is 5.97 Å². The van der Waals surface area contributed by atoms with Crippen LogP contribution in [-0.2, 0) is 11.3 Å². The Hall–Kier alpha value is -2.18. The molecule has 1 aliphatic rings. The zero-order valence-electron chi connectivity index (χ0n) is 16.5. The number of thiophene rings is 1. The van der Waals surface area contributed by atoms with Crippen LogP contribution in [0.3, 0.4) is 0 Å². The second-order valence-electron chi connectivity index (χ2n) is 8.79. The van der Waals surface area contributed by atoms with Crippen LogP contribution in [0.1, 0.15) is 32.1 Å². The number of carboxylic acids is 1. The van der Waals surface area contributed by atoms with Crippen molar-refractivity contribution >= 4 is 28.3 Å². The van der Waals surface area contributed by atoms with E-state index in [1.807, 2.05) is 18.3 Å². The number of nitrogens with zero attached hydrogens (tertiary/aromatic N) is 2. The molecule has 3 aromatic rings. The van der Waals surface area contributed by atoms with E-state index in [4.69, 9.17) is 4.42 Å². The van der Waals surface area contributed by atoms with E-state index in [0.717, 1.165) is 41.1 Å². The highest BCUT2D eigenvalue weighted by atomic mass is 32.1. The van der Waals surface area contributed by atoms with Gasteiger partial charge < -0.3 is 9.52 Å². The fourth-order valence-electron chi connectivity index (χ4n) is 4.01. The highest BCUT2D eigenvalue weighted by Crippen LogP contribution is 2.37. The van der Waals surface area contributed by atoms with Crippen LogP contribution in [0.15, 0.2) is 41.1 Å². The molecule has 0 spiro atoms. The summed E-state index contributed by atoms with van der Waals surface area (Å²) in [5.74, 6) is -0.601. The van der Waals surface area contributed by atoms with E-state index in [0.29, 0.717) is 12.5 Å². The maximum absolute atomic E-state index is 11.7. The van der Waals surface area contributed by atoms with Crippen molar-refractivity contribution in [2.24, 2.45) is 17.3 Å². The minimum Gasteiger partial charge on any atom is -0.481 e. The lowest BCUT2D eigenvalue weighted by Gasteiger charge is -2.42. The molecule has 28 heavy (non-hydrogen) atoms. The number of fused-ring (bicyclic) bond motifs is 1. The molecule has 0 amide bonds. The summed E-state index contributed by atoms with van der Waals surface area (Å²) >= 11 is 1.70. The van der Waals surface area contributed by atoms with Gasteiger partial charge in [-0.2, -0.15) is 0 Å². The van der Waals surface area contributed by atoms with E-state index in [-0.39, 0.29) is 11.3 Å². The van der Waals surface area contributed by atoms with Crippen LogP contribution in [0.5, 0.6) is 0 Å². The monoisotopic (exact) mass is 398 g/mol. The van der Waals surface area contributed by atoms with Crippen LogP contribution < -0.4 is 0 Å². The minimum absolute atomic E-state index is 0.103. The molecule has 1 aliphatic heterocycles. The van der Waals surface area contributed by atoms with Gasteiger partial charge in [-0.15, -0.1) is 11.3 Å². The molecule has 0 aromatic carbocycles. The molecule has 6 heteroatoms. The van der Waals surface area contributed by atoms with Gasteiger partial charge in [0.2, 0.25) is 0 Å². The summed E-state index contributed by atoms with van der Waals surface area (Å²) in [6, 6.07) is 8.11. The van der Waals surface area contributed by atoms with Crippen molar-refractivity contribution in [3.63, 3.8) is 0 Å². The summed E-state index contributed by atoms with van der Waals surface area (Å²) in [5.41, 5.74) is 1.78. The van der Waals surface area contributed by atoms with E-state index in [2.05, 4.69) is 42.8 Å². The average Bonchev–Trinajstić information content (AvgIpc) is 3.29. The number of rotatable bonds is 4. The fraction of sp³-hybridized carbons (Fsp3) is 0.455. The summed E-state index contributed by atoms with van der Waals surface area (Å²) in [5, 5.41) is 10.6. The largest absolute Gasteiger partial charge is 0.481 e. The maximum Gasteiger partial charge on any atom is 0.307 e. The van der Waals surface area contributed by atoms with Gasteiger partial charge in [0.15, 0.2) is 5.58 Å². The second kappa shape index (κ2) is 7.33. The molecular weight excluding hydrogens is 372 g/mol. The molecule has 0 unspecified atom stereocenters. The Morgan fingerprint density at radius 3 is 2.86 bits per heavy atom. The predicted molar refractivity (Wildman–Crippen MR) is 111 cm³/mol. The molecule has 0 aliphatic carbocycles. The van der Waals surface area contributed by atoms with Crippen LogP contribution in [0.2, 0.25) is 0 Å². The van der Waals surface area contributed by atoms with Crippen molar-refractivity contribution in [3.05, 3.63) is 41.6 Å². The van der Waals surface area contributed by atoms with Crippen molar-refractivity contribution < 1.29 is 14.3 Å². The van der Waals surface area contributed by atoms with Gasteiger partial charge in [-0.1, -0.05) is 20.8 Å². The molecule has 3 aromatic heterocycles. The molecule has 4 rings (SSSR count). The second-order valence-corrected chi connectivity index (χ2v) is 9.96. The van der Waals surface area contributed by atoms with Gasteiger partial charge in [-0.3, -0.25) is 14.7 Å². The van der Waals surface area contributed by atoms with Gasteiger partial charge in [-0.25, -0.2) is 0 Å². The van der Waals surface area contributed by atoms with E-state index in [1.165, 1.54) is 4.88 Å². The number of furan rings is 1. The van der Waals surface area contributed by atoms with Gasteiger partial charge in [0.25, 0.3) is 0 Å². The number of aromatic nitrogens is 1. The lowest BCUT2D eigenvalue weighted by Crippen LogP contribution is -2.46.